The zero-order chi connectivity index (χ0) is 18.5. The monoisotopic (exact) mass is 489 g/mol. The van der Waals surface area contributed by atoms with Gasteiger partial charge in [-0.15, -0.1) is 34.2 Å². The number of nitrogens with zero attached hydrogens (tertiary/aromatic N) is 6. The third-order valence-corrected chi connectivity index (χ3v) is 5.99. The first-order valence-electron chi connectivity index (χ1n) is 10.2. The van der Waals surface area contributed by atoms with Crippen LogP contribution in [0.2, 0.25) is 0 Å². The minimum Gasteiger partial charge on any atom is -0.354 e. The maximum absolute atomic E-state index is 4.91. The summed E-state index contributed by atoms with van der Waals surface area (Å²) >= 11 is 0. The van der Waals surface area contributed by atoms with Gasteiger partial charge in [-0.05, 0) is 45.7 Å². The van der Waals surface area contributed by atoms with E-state index in [0.717, 1.165) is 30.7 Å². The van der Waals surface area contributed by atoms with Crippen molar-refractivity contribution in [2.24, 2.45) is 12.0 Å². The largest absolute Gasteiger partial charge is 0.354 e. The van der Waals surface area contributed by atoms with E-state index in [1.807, 2.05) is 18.5 Å². The Hall–Kier alpha value is -0.900. The van der Waals surface area contributed by atoms with Crippen molar-refractivity contribution in [2.75, 3.05) is 26.7 Å². The first-order chi connectivity index (χ1) is 12.6. The summed E-state index contributed by atoms with van der Waals surface area (Å²) in [4.78, 5) is 9.83. The van der Waals surface area contributed by atoms with Crippen LogP contribution in [0.15, 0.2) is 4.99 Å². The number of rotatable bonds is 6. The fourth-order valence-corrected chi connectivity index (χ4v) is 4.18. The lowest BCUT2D eigenvalue weighted by Crippen LogP contribution is -2.48. The molecule has 3 rings (SSSR count). The quantitative estimate of drug-likeness (QED) is 0.378. The van der Waals surface area contributed by atoms with Crippen LogP contribution in [0.4, 0.5) is 0 Å². The summed E-state index contributed by atoms with van der Waals surface area (Å²) < 4.78 is 2.02. The predicted molar refractivity (Wildman–Crippen MR) is 121 cm³/mol. The van der Waals surface area contributed by atoms with Crippen molar-refractivity contribution in [3.05, 3.63) is 11.6 Å². The maximum atomic E-state index is 4.91. The van der Waals surface area contributed by atoms with Gasteiger partial charge in [0.25, 0.3) is 0 Å². The van der Waals surface area contributed by atoms with Crippen LogP contribution in [-0.4, -0.2) is 69.3 Å². The Morgan fingerprint density at radius 2 is 1.96 bits per heavy atom. The summed E-state index contributed by atoms with van der Waals surface area (Å²) in [7, 11) is 4.18. The smallest absolute Gasteiger partial charge is 0.194 e. The molecule has 27 heavy (non-hydrogen) atoms. The zero-order valence-electron chi connectivity index (χ0n) is 17.3. The van der Waals surface area contributed by atoms with E-state index < -0.39 is 0 Å². The number of hydrogen-bond acceptors (Lipinski definition) is 4. The second-order valence-corrected chi connectivity index (χ2v) is 7.79. The number of guanidine groups is 1. The molecular formula is C19H36IN7. The highest BCUT2D eigenvalue weighted by Gasteiger charge is 2.26. The molecule has 1 aromatic heterocycles. The molecule has 1 aliphatic heterocycles. The average molecular weight is 489 g/mol. The molecule has 0 spiro atoms. The van der Waals surface area contributed by atoms with Gasteiger partial charge in [-0.3, -0.25) is 4.90 Å². The van der Waals surface area contributed by atoms with Gasteiger partial charge in [0, 0.05) is 32.7 Å². The van der Waals surface area contributed by atoms with E-state index in [9.17, 15) is 0 Å². The number of aliphatic imine (C=N–C) groups is 1. The molecule has 0 radical (unpaired) electrons. The van der Waals surface area contributed by atoms with Gasteiger partial charge < -0.3 is 14.8 Å². The van der Waals surface area contributed by atoms with Crippen molar-refractivity contribution in [3.8, 4) is 0 Å². The molecule has 7 nitrogen and oxygen atoms in total. The molecule has 154 valence electrons. The highest BCUT2D eigenvalue weighted by molar-refractivity contribution is 14.0. The van der Waals surface area contributed by atoms with E-state index in [4.69, 9.17) is 4.99 Å². The SMILES string of the molecule is CCN1CCCC1CN(C)C(=NCc1nnc(C)n1C)NC1CCCC1.I. The number of nitrogens with one attached hydrogen (secondary N) is 1. The highest BCUT2D eigenvalue weighted by Crippen LogP contribution is 2.19. The summed E-state index contributed by atoms with van der Waals surface area (Å²) in [6.45, 7) is 8.21. The third kappa shape index (κ3) is 5.79. The first kappa shape index (κ1) is 22.4. The number of likely N-dealkylation sites (tertiary alicyclic amines) is 1. The van der Waals surface area contributed by atoms with Crippen molar-refractivity contribution in [1.29, 1.82) is 0 Å². The lowest BCUT2D eigenvalue weighted by Gasteiger charge is -2.31. The predicted octanol–water partition coefficient (Wildman–Crippen LogP) is 2.55. The Morgan fingerprint density at radius 1 is 1.22 bits per heavy atom. The van der Waals surface area contributed by atoms with Gasteiger partial charge in [0.1, 0.15) is 12.4 Å². The van der Waals surface area contributed by atoms with Gasteiger partial charge in [-0.2, -0.15) is 0 Å². The summed E-state index contributed by atoms with van der Waals surface area (Å²) in [5.74, 6) is 2.86. The fraction of sp³-hybridized carbons (Fsp3) is 0.842. The van der Waals surface area contributed by atoms with Crippen LogP contribution in [0.5, 0.6) is 0 Å². The number of hydrogen-bond donors (Lipinski definition) is 1. The Balaban J connectivity index is 0.00000261. The van der Waals surface area contributed by atoms with E-state index in [0.29, 0.717) is 18.6 Å². The van der Waals surface area contributed by atoms with E-state index in [1.165, 1.54) is 45.1 Å². The molecule has 0 amide bonds. The van der Waals surface area contributed by atoms with Gasteiger partial charge in [-0.25, -0.2) is 4.99 Å². The van der Waals surface area contributed by atoms with E-state index in [1.54, 1.807) is 0 Å². The lowest BCUT2D eigenvalue weighted by molar-refractivity contribution is 0.232. The van der Waals surface area contributed by atoms with Gasteiger partial charge in [-0.1, -0.05) is 19.8 Å². The molecule has 2 heterocycles. The number of aryl methyl sites for hydroxylation is 1. The lowest BCUT2D eigenvalue weighted by atomic mass is 10.2. The molecule has 0 bridgehead atoms. The van der Waals surface area contributed by atoms with Crippen LogP contribution in [0, 0.1) is 6.92 Å². The second kappa shape index (κ2) is 10.6. The van der Waals surface area contributed by atoms with E-state index in [2.05, 4.69) is 39.3 Å². The molecule has 1 N–H and O–H groups in total. The molecule has 1 saturated carbocycles. The standard InChI is InChI=1S/C19H35N7.HI/c1-5-26-12-8-11-17(26)14-24(3)19(21-16-9-6-7-10-16)20-13-18-23-22-15(2)25(18)4;/h16-17H,5-14H2,1-4H3,(H,20,21);1H. The molecule has 1 atom stereocenters. The van der Waals surface area contributed by atoms with Crippen molar-refractivity contribution in [1.82, 2.24) is 29.9 Å². The summed E-state index contributed by atoms with van der Waals surface area (Å²) in [5, 5.41) is 12.1. The van der Waals surface area contributed by atoms with E-state index in [-0.39, 0.29) is 24.0 Å². The van der Waals surface area contributed by atoms with E-state index >= 15 is 0 Å². The van der Waals surface area contributed by atoms with Crippen LogP contribution >= 0.6 is 24.0 Å². The van der Waals surface area contributed by atoms with Gasteiger partial charge in [0.15, 0.2) is 11.8 Å². The molecule has 1 saturated heterocycles. The van der Waals surface area contributed by atoms with Crippen molar-refractivity contribution < 1.29 is 0 Å². The highest BCUT2D eigenvalue weighted by atomic mass is 127. The van der Waals surface area contributed by atoms with Crippen molar-refractivity contribution >= 4 is 29.9 Å². The van der Waals surface area contributed by atoms with Gasteiger partial charge in [0.2, 0.25) is 0 Å². The first-order valence-corrected chi connectivity index (χ1v) is 10.2. The second-order valence-electron chi connectivity index (χ2n) is 7.79. The average Bonchev–Trinajstić information content (AvgIpc) is 3.36. The van der Waals surface area contributed by atoms with Gasteiger partial charge >= 0.3 is 0 Å². The van der Waals surface area contributed by atoms with Gasteiger partial charge in [0.05, 0.1) is 0 Å². The normalized spacial score (nSPS) is 21.5. The maximum Gasteiger partial charge on any atom is 0.194 e. The summed E-state index contributed by atoms with van der Waals surface area (Å²) in [6.07, 6.45) is 7.75. The molecule has 1 aliphatic carbocycles. The molecule has 8 heteroatoms. The zero-order valence-corrected chi connectivity index (χ0v) is 19.6. The molecule has 0 aromatic carbocycles. The number of likely N-dealkylation sites (N-methyl/N-ethyl adjacent to an activating group) is 2. The molecule has 2 fully saturated rings. The van der Waals surface area contributed by atoms with Crippen LogP contribution in [0.1, 0.15) is 57.1 Å². The molecule has 1 aromatic rings. The van der Waals surface area contributed by atoms with Crippen LogP contribution in [0.25, 0.3) is 0 Å². The third-order valence-electron chi connectivity index (χ3n) is 5.99. The fourth-order valence-electron chi connectivity index (χ4n) is 4.18. The summed E-state index contributed by atoms with van der Waals surface area (Å²) in [6, 6.07) is 1.20. The minimum atomic E-state index is 0. The van der Waals surface area contributed by atoms with Crippen LogP contribution in [-0.2, 0) is 13.6 Å². The Morgan fingerprint density at radius 3 is 2.59 bits per heavy atom. The Labute approximate surface area is 181 Å². The number of halogens is 1. The topological polar surface area (TPSA) is 61.6 Å². The Kier molecular flexibility index (Phi) is 8.78. The molecular weight excluding hydrogens is 453 g/mol. The van der Waals surface area contributed by atoms with Crippen molar-refractivity contribution in [3.63, 3.8) is 0 Å². The van der Waals surface area contributed by atoms with Crippen LogP contribution < -0.4 is 5.32 Å². The van der Waals surface area contributed by atoms with Crippen molar-refractivity contribution in [2.45, 2.75) is 71.0 Å². The molecule has 1 unspecified atom stereocenters. The molecule has 2 aliphatic rings. The number of aromatic nitrogens is 3. The Bertz CT molecular complexity index is 609. The minimum absolute atomic E-state index is 0. The van der Waals surface area contributed by atoms with Crippen LogP contribution in [0.3, 0.4) is 0 Å². The summed E-state index contributed by atoms with van der Waals surface area (Å²) in [5.41, 5.74) is 0.